The minimum Gasteiger partial charge on any atom is -0.507 e. The molecule has 0 atom stereocenters. The van der Waals surface area contributed by atoms with E-state index in [1.54, 1.807) is 0 Å². The van der Waals surface area contributed by atoms with Gasteiger partial charge in [-0.05, 0) is 53.2 Å². The molecule has 2 aromatic carbocycles. The third-order valence-corrected chi connectivity index (χ3v) is 7.00. The van der Waals surface area contributed by atoms with Crippen molar-refractivity contribution in [3.8, 4) is 5.75 Å². The molecule has 2 aromatic rings. The largest absolute Gasteiger partial charge is 0.507 e. The minimum atomic E-state index is -0.414. The summed E-state index contributed by atoms with van der Waals surface area (Å²) in [5.74, 6) is -0.345. The molecule has 1 heterocycles. The van der Waals surface area contributed by atoms with Crippen molar-refractivity contribution < 1.29 is 19.4 Å². The van der Waals surface area contributed by atoms with Crippen molar-refractivity contribution >= 4 is 35.4 Å². The van der Waals surface area contributed by atoms with Gasteiger partial charge in [-0.15, -0.1) is 0 Å². The first-order valence-electron chi connectivity index (χ1n) is 12.2. The summed E-state index contributed by atoms with van der Waals surface area (Å²) in [6.07, 6.45) is 3.59. The monoisotopic (exact) mass is 495 g/mol. The summed E-state index contributed by atoms with van der Waals surface area (Å²) in [4.78, 5) is 29.0. The Morgan fingerprint density at radius 3 is 2.23 bits per heavy atom. The number of phenols is 1. The minimum absolute atomic E-state index is 0.131. The van der Waals surface area contributed by atoms with Crippen molar-refractivity contribution in [2.45, 2.75) is 77.0 Å². The van der Waals surface area contributed by atoms with Gasteiger partial charge in [-0.1, -0.05) is 78.8 Å². The van der Waals surface area contributed by atoms with Crippen LogP contribution in [0.25, 0.3) is 6.08 Å². The Bertz CT molecular complexity index is 1100. The van der Waals surface area contributed by atoms with Crippen LogP contribution in [0.2, 0.25) is 0 Å². The van der Waals surface area contributed by atoms with E-state index >= 15 is 0 Å². The highest BCUT2D eigenvalue weighted by molar-refractivity contribution is 8.04. The zero-order valence-electron chi connectivity index (χ0n) is 21.9. The highest BCUT2D eigenvalue weighted by Gasteiger charge is 2.32. The third-order valence-electron chi connectivity index (χ3n) is 5.93. The van der Waals surface area contributed by atoms with Crippen molar-refractivity contribution in [3.05, 3.63) is 58.0 Å². The van der Waals surface area contributed by atoms with E-state index < -0.39 is 5.97 Å². The number of carbonyl (C=O) groups is 2. The number of nitrogens with zero attached hydrogens (tertiary/aromatic N) is 1. The van der Waals surface area contributed by atoms with Gasteiger partial charge >= 0.3 is 5.97 Å². The molecule has 1 N–H and O–H groups in total. The zero-order chi connectivity index (χ0) is 26.0. The number of para-hydroxylation sites is 1. The molecular weight excluding hydrogens is 458 g/mol. The molecular formula is C29H37NO4S. The average Bonchev–Trinajstić information content (AvgIpc) is 2.76. The molecule has 0 aliphatic carbocycles. The molecule has 0 saturated carbocycles. The third kappa shape index (κ3) is 6.29. The Balaban J connectivity index is 2.05. The summed E-state index contributed by atoms with van der Waals surface area (Å²) in [5, 5.41) is 11.0. The molecule has 5 nitrogen and oxygen atoms in total. The van der Waals surface area contributed by atoms with Gasteiger partial charge in [-0.2, -0.15) is 0 Å². The van der Waals surface area contributed by atoms with Crippen LogP contribution in [0.4, 0.5) is 5.69 Å². The van der Waals surface area contributed by atoms with Crippen LogP contribution >= 0.6 is 11.8 Å². The van der Waals surface area contributed by atoms with Gasteiger partial charge in [-0.25, -0.2) is 0 Å². The second-order valence-corrected chi connectivity index (χ2v) is 12.1. The molecule has 35 heavy (non-hydrogen) atoms. The molecule has 0 saturated heterocycles. The van der Waals surface area contributed by atoms with Gasteiger partial charge in [0.1, 0.15) is 12.3 Å². The van der Waals surface area contributed by atoms with E-state index in [0.29, 0.717) is 22.9 Å². The van der Waals surface area contributed by atoms with E-state index in [-0.39, 0.29) is 23.3 Å². The number of amides is 1. The highest BCUT2D eigenvalue weighted by Crippen LogP contribution is 2.44. The van der Waals surface area contributed by atoms with Gasteiger partial charge in [0.2, 0.25) is 0 Å². The lowest BCUT2D eigenvalue weighted by atomic mass is 9.78. The summed E-state index contributed by atoms with van der Waals surface area (Å²) in [5.41, 5.74) is 2.68. The van der Waals surface area contributed by atoms with Gasteiger partial charge in [-0.3, -0.25) is 14.5 Å². The fourth-order valence-corrected chi connectivity index (χ4v) is 5.02. The maximum Gasteiger partial charge on any atom is 0.326 e. The van der Waals surface area contributed by atoms with Crippen molar-refractivity contribution in [1.29, 1.82) is 0 Å². The predicted molar refractivity (Wildman–Crippen MR) is 144 cm³/mol. The van der Waals surface area contributed by atoms with Crippen molar-refractivity contribution in [1.82, 2.24) is 0 Å². The number of carbonyl (C=O) groups excluding carboxylic acids is 2. The molecule has 0 unspecified atom stereocenters. The van der Waals surface area contributed by atoms with E-state index in [9.17, 15) is 14.7 Å². The van der Waals surface area contributed by atoms with Crippen LogP contribution in [-0.2, 0) is 25.2 Å². The van der Waals surface area contributed by atoms with Gasteiger partial charge in [0.15, 0.2) is 0 Å². The summed E-state index contributed by atoms with van der Waals surface area (Å²) in [6, 6.07) is 11.5. The number of thioether (sulfide) groups is 1. The van der Waals surface area contributed by atoms with Crippen LogP contribution in [0, 0.1) is 0 Å². The average molecular weight is 496 g/mol. The van der Waals surface area contributed by atoms with Crippen LogP contribution in [0.15, 0.2) is 46.2 Å². The van der Waals surface area contributed by atoms with Crippen LogP contribution in [0.3, 0.4) is 0 Å². The van der Waals surface area contributed by atoms with E-state index in [0.717, 1.165) is 34.4 Å². The molecule has 1 aliphatic heterocycles. The maximum atomic E-state index is 13.6. The Kier molecular flexibility index (Phi) is 8.05. The van der Waals surface area contributed by atoms with E-state index in [1.165, 1.54) is 16.7 Å². The highest BCUT2D eigenvalue weighted by atomic mass is 32.2. The fourth-order valence-electron chi connectivity index (χ4n) is 3.96. The second-order valence-electron chi connectivity index (χ2n) is 11.0. The Labute approximate surface area is 213 Å². The van der Waals surface area contributed by atoms with E-state index in [1.807, 2.05) is 49.4 Å². The number of rotatable bonds is 6. The smallest absolute Gasteiger partial charge is 0.326 e. The molecule has 1 amide bonds. The Morgan fingerprint density at radius 2 is 1.66 bits per heavy atom. The molecule has 6 heteroatoms. The fraction of sp³-hybridized carbons (Fsp3) is 0.448. The number of phenolic OH excluding ortho intramolecular Hbond substituents is 1. The Morgan fingerprint density at radius 1 is 1.06 bits per heavy atom. The molecule has 0 radical (unpaired) electrons. The van der Waals surface area contributed by atoms with Crippen molar-refractivity contribution in [2.24, 2.45) is 0 Å². The number of benzene rings is 2. The van der Waals surface area contributed by atoms with Crippen molar-refractivity contribution in [2.75, 3.05) is 18.1 Å². The zero-order valence-corrected chi connectivity index (χ0v) is 22.7. The van der Waals surface area contributed by atoms with Crippen LogP contribution in [0.1, 0.15) is 78.0 Å². The number of hydrogen-bond donors (Lipinski definition) is 1. The van der Waals surface area contributed by atoms with Crippen molar-refractivity contribution in [3.63, 3.8) is 0 Å². The number of ether oxygens (including phenoxy) is 1. The predicted octanol–water partition coefficient (Wildman–Crippen LogP) is 6.81. The number of aromatic hydroxyl groups is 1. The first-order valence-corrected chi connectivity index (χ1v) is 13.0. The summed E-state index contributed by atoms with van der Waals surface area (Å²) in [6.45, 7) is 14.6. The topological polar surface area (TPSA) is 66.8 Å². The maximum absolute atomic E-state index is 13.6. The Hall–Kier alpha value is -2.73. The SMILES string of the molecule is CCCCOC(=O)CN1C(=O)C(=Cc2cc(C(C)(C)C)c(O)c(C(C)(C)C)c2)Sc2ccccc21. The quantitative estimate of drug-likeness (QED) is 0.271. The molecule has 0 fully saturated rings. The number of unbranched alkanes of at least 4 members (excludes halogenated alkanes) is 1. The lowest BCUT2D eigenvalue weighted by molar-refractivity contribution is -0.142. The van der Waals surface area contributed by atoms with Crippen LogP contribution < -0.4 is 4.90 Å². The van der Waals surface area contributed by atoms with Crippen LogP contribution in [-0.4, -0.2) is 30.1 Å². The first kappa shape index (κ1) is 26.9. The molecule has 188 valence electrons. The number of anilines is 1. The van der Waals surface area contributed by atoms with Gasteiger partial charge in [0.25, 0.3) is 5.91 Å². The standard InChI is InChI=1S/C29H37NO4S/c1-8-9-14-34-25(31)18-30-22-12-10-11-13-23(22)35-24(27(30)33)17-19-15-20(28(2,3)4)26(32)21(16-19)29(5,6)7/h10-13,15-17,32H,8-9,14,18H2,1-7H3. The van der Waals surface area contributed by atoms with Crippen LogP contribution in [0.5, 0.6) is 5.75 Å². The summed E-state index contributed by atoms with van der Waals surface area (Å²) >= 11 is 1.40. The lowest BCUT2D eigenvalue weighted by Crippen LogP contribution is -2.39. The molecule has 1 aliphatic rings. The number of hydrogen-bond acceptors (Lipinski definition) is 5. The van der Waals surface area contributed by atoms with Gasteiger partial charge < -0.3 is 9.84 Å². The molecule has 3 rings (SSSR count). The summed E-state index contributed by atoms with van der Waals surface area (Å²) in [7, 11) is 0. The van der Waals surface area contributed by atoms with E-state index in [2.05, 4.69) is 41.5 Å². The normalized spacial score (nSPS) is 15.3. The number of fused-ring (bicyclic) bond motifs is 1. The lowest BCUT2D eigenvalue weighted by Gasteiger charge is -2.30. The van der Waals surface area contributed by atoms with Gasteiger partial charge in [0.05, 0.1) is 17.2 Å². The second kappa shape index (κ2) is 10.5. The first-order chi connectivity index (χ1) is 16.3. The summed E-state index contributed by atoms with van der Waals surface area (Å²) < 4.78 is 5.33. The molecule has 0 bridgehead atoms. The number of esters is 1. The molecule has 0 aromatic heterocycles. The van der Waals surface area contributed by atoms with E-state index in [4.69, 9.17) is 4.74 Å². The molecule has 0 spiro atoms. The van der Waals surface area contributed by atoms with Gasteiger partial charge in [0, 0.05) is 16.0 Å².